The van der Waals surface area contributed by atoms with Gasteiger partial charge in [-0.2, -0.15) is 0 Å². The van der Waals surface area contributed by atoms with Crippen molar-refractivity contribution in [3.8, 4) is 0 Å². The summed E-state index contributed by atoms with van der Waals surface area (Å²) in [7, 11) is 0. The Kier molecular flexibility index (Phi) is 7.75. The molecule has 0 aliphatic heterocycles. The number of hydrogen-bond acceptors (Lipinski definition) is 1. The predicted molar refractivity (Wildman–Crippen MR) is 80.8 cm³/mol. The third-order valence-electron chi connectivity index (χ3n) is 3.40. The molecule has 0 aromatic heterocycles. The monoisotopic (exact) mass is 247 g/mol. The highest BCUT2D eigenvalue weighted by atomic mass is 14.8. The molecule has 0 radical (unpaired) electrons. The normalized spacial score (nSPS) is 11.1. The molecule has 0 unspecified atom stereocenters. The summed E-state index contributed by atoms with van der Waals surface area (Å²) in [6, 6.07) is 8.95. The first-order valence-corrected chi connectivity index (χ1v) is 7.51. The summed E-state index contributed by atoms with van der Waals surface area (Å²) in [5, 5.41) is 3.53. The van der Waals surface area contributed by atoms with Gasteiger partial charge in [0.1, 0.15) is 0 Å². The van der Waals surface area contributed by atoms with Crippen molar-refractivity contribution in [3.05, 3.63) is 35.4 Å². The molecule has 1 N–H and O–H groups in total. The van der Waals surface area contributed by atoms with E-state index in [-0.39, 0.29) is 0 Å². The lowest BCUT2D eigenvalue weighted by atomic mass is 10.1. The van der Waals surface area contributed by atoms with E-state index in [2.05, 4.69) is 50.4 Å². The number of rotatable bonds is 9. The first-order chi connectivity index (χ1) is 8.72. The van der Waals surface area contributed by atoms with Gasteiger partial charge in [-0.3, -0.25) is 0 Å². The van der Waals surface area contributed by atoms with Gasteiger partial charge in [-0.05, 0) is 36.4 Å². The second-order valence-corrected chi connectivity index (χ2v) is 5.59. The minimum Gasteiger partial charge on any atom is -0.313 e. The minimum absolute atomic E-state index is 0.857. The summed E-state index contributed by atoms with van der Waals surface area (Å²) < 4.78 is 0. The van der Waals surface area contributed by atoms with Gasteiger partial charge in [-0.15, -0.1) is 0 Å². The lowest BCUT2D eigenvalue weighted by molar-refractivity contribution is 0.515. The molecule has 1 nitrogen and oxygen atoms in total. The van der Waals surface area contributed by atoms with Crippen LogP contribution in [0.15, 0.2) is 24.3 Å². The topological polar surface area (TPSA) is 12.0 Å². The molecule has 0 saturated carbocycles. The van der Waals surface area contributed by atoms with E-state index in [0.717, 1.165) is 25.4 Å². The van der Waals surface area contributed by atoms with Gasteiger partial charge in [0.15, 0.2) is 0 Å². The third-order valence-corrected chi connectivity index (χ3v) is 3.40. The highest BCUT2D eigenvalue weighted by molar-refractivity contribution is 5.22. The van der Waals surface area contributed by atoms with Gasteiger partial charge >= 0.3 is 0 Å². The number of nitrogens with one attached hydrogen (secondary N) is 1. The Morgan fingerprint density at radius 2 is 1.61 bits per heavy atom. The van der Waals surface area contributed by atoms with Crippen molar-refractivity contribution in [2.24, 2.45) is 5.92 Å². The molecule has 0 fully saturated rings. The van der Waals surface area contributed by atoms with Gasteiger partial charge in [0.2, 0.25) is 0 Å². The summed E-state index contributed by atoms with van der Waals surface area (Å²) in [6.07, 6.45) is 6.55. The van der Waals surface area contributed by atoms with Gasteiger partial charge in [-0.25, -0.2) is 0 Å². The van der Waals surface area contributed by atoms with Crippen LogP contribution in [0.2, 0.25) is 0 Å². The SMILES string of the molecule is CCc1ccc(CNCCCCCC(C)C)cc1. The summed E-state index contributed by atoms with van der Waals surface area (Å²) in [5.41, 5.74) is 2.82. The Labute approximate surface area is 113 Å². The van der Waals surface area contributed by atoms with Gasteiger partial charge in [0.25, 0.3) is 0 Å². The number of hydrogen-bond donors (Lipinski definition) is 1. The quantitative estimate of drug-likeness (QED) is 0.631. The fourth-order valence-corrected chi connectivity index (χ4v) is 2.10. The fraction of sp³-hybridized carbons (Fsp3) is 0.647. The molecule has 1 aromatic carbocycles. The van der Waals surface area contributed by atoms with E-state index in [4.69, 9.17) is 0 Å². The van der Waals surface area contributed by atoms with Crippen LogP contribution >= 0.6 is 0 Å². The van der Waals surface area contributed by atoms with Crippen molar-refractivity contribution < 1.29 is 0 Å². The molecule has 0 aliphatic carbocycles. The third kappa shape index (κ3) is 6.80. The first-order valence-electron chi connectivity index (χ1n) is 7.51. The van der Waals surface area contributed by atoms with Crippen LogP contribution in [0.5, 0.6) is 0 Å². The van der Waals surface area contributed by atoms with Gasteiger partial charge < -0.3 is 5.32 Å². The predicted octanol–water partition coefficient (Wildman–Crippen LogP) is 4.56. The zero-order chi connectivity index (χ0) is 13.2. The molecule has 0 aliphatic rings. The largest absolute Gasteiger partial charge is 0.313 e. The molecule has 1 rings (SSSR count). The van der Waals surface area contributed by atoms with Crippen molar-refractivity contribution in [2.75, 3.05) is 6.54 Å². The second-order valence-electron chi connectivity index (χ2n) is 5.59. The van der Waals surface area contributed by atoms with Crippen molar-refractivity contribution in [1.29, 1.82) is 0 Å². The van der Waals surface area contributed by atoms with E-state index in [1.54, 1.807) is 0 Å². The maximum atomic E-state index is 3.53. The smallest absolute Gasteiger partial charge is 0.0205 e. The Morgan fingerprint density at radius 1 is 0.944 bits per heavy atom. The molecule has 102 valence electrons. The van der Waals surface area contributed by atoms with Crippen LogP contribution in [-0.4, -0.2) is 6.54 Å². The van der Waals surface area contributed by atoms with Crippen LogP contribution in [0.1, 0.15) is 57.6 Å². The molecule has 18 heavy (non-hydrogen) atoms. The van der Waals surface area contributed by atoms with Gasteiger partial charge in [0.05, 0.1) is 0 Å². The van der Waals surface area contributed by atoms with Crippen molar-refractivity contribution in [3.63, 3.8) is 0 Å². The van der Waals surface area contributed by atoms with Crippen LogP contribution in [-0.2, 0) is 13.0 Å². The lowest BCUT2D eigenvalue weighted by Crippen LogP contribution is -2.14. The van der Waals surface area contributed by atoms with E-state index >= 15 is 0 Å². The van der Waals surface area contributed by atoms with Gasteiger partial charge in [-0.1, -0.05) is 64.3 Å². The molecule has 0 bridgehead atoms. The molecule has 0 saturated heterocycles. The average Bonchev–Trinajstić information content (AvgIpc) is 2.38. The van der Waals surface area contributed by atoms with Crippen molar-refractivity contribution >= 4 is 0 Å². The molecule has 0 spiro atoms. The maximum absolute atomic E-state index is 3.53. The Bertz CT molecular complexity index is 300. The molecule has 1 aromatic rings. The molecule has 0 atom stereocenters. The lowest BCUT2D eigenvalue weighted by Gasteiger charge is -2.07. The van der Waals surface area contributed by atoms with E-state index in [1.165, 1.54) is 36.8 Å². The standard InChI is InChI=1S/C17H29N/c1-4-16-9-11-17(12-10-16)14-18-13-7-5-6-8-15(2)3/h9-12,15,18H,4-8,13-14H2,1-3H3. The van der Waals surface area contributed by atoms with Gasteiger partial charge in [0, 0.05) is 6.54 Å². The minimum atomic E-state index is 0.857. The summed E-state index contributed by atoms with van der Waals surface area (Å²) in [4.78, 5) is 0. The Morgan fingerprint density at radius 3 is 2.22 bits per heavy atom. The second kappa shape index (κ2) is 9.16. The van der Waals surface area contributed by atoms with Crippen LogP contribution in [0.25, 0.3) is 0 Å². The highest BCUT2D eigenvalue weighted by Gasteiger charge is 1.95. The van der Waals surface area contributed by atoms with Crippen molar-refractivity contribution in [2.45, 2.75) is 59.4 Å². The molecular formula is C17H29N. The summed E-state index contributed by atoms with van der Waals surface area (Å²) in [5.74, 6) is 0.857. The molecule has 0 heterocycles. The molecule has 0 amide bonds. The van der Waals surface area contributed by atoms with E-state index in [9.17, 15) is 0 Å². The van der Waals surface area contributed by atoms with E-state index in [1.807, 2.05) is 0 Å². The zero-order valence-electron chi connectivity index (χ0n) is 12.3. The van der Waals surface area contributed by atoms with E-state index in [0.29, 0.717) is 0 Å². The van der Waals surface area contributed by atoms with E-state index < -0.39 is 0 Å². The van der Waals surface area contributed by atoms with Crippen LogP contribution in [0, 0.1) is 5.92 Å². The summed E-state index contributed by atoms with van der Waals surface area (Å²) in [6.45, 7) is 8.96. The zero-order valence-corrected chi connectivity index (χ0v) is 12.3. The number of aryl methyl sites for hydroxylation is 1. The highest BCUT2D eigenvalue weighted by Crippen LogP contribution is 2.08. The maximum Gasteiger partial charge on any atom is 0.0205 e. The van der Waals surface area contributed by atoms with Crippen LogP contribution in [0.3, 0.4) is 0 Å². The number of unbranched alkanes of at least 4 members (excludes halogenated alkanes) is 2. The van der Waals surface area contributed by atoms with Crippen molar-refractivity contribution in [1.82, 2.24) is 5.32 Å². The van der Waals surface area contributed by atoms with Crippen LogP contribution < -0.4 is 5.32 Å². The van der Waals surface area contributed by atoms with Crippen LogP contribution in [0.4, 0.5) is 0 Å². The average molecular weight is 247 g/mol. The Hall–Kier alpha value is -0.820. The fourth-order valence-electron chi connectivity index (χ4n) is 2.10. The molecular weight excluding hydrogens is 218 g/mol. The molecule has 1 heteroatoms. The Balaban J connectivity index is 2.03. The number of benzene rings is 1. The summed E-state index contributed by atoms with van der Waals surface area (Å²) >= 11 is 0. The first kappa shape index (κ1) is 15.2.